The van der Waals surface area contributed by atoms with Crippen molar-refractivity contribution in [3.05, 3.63) is 33.3 Å². The molecule has 0 aliphatic rings. The number of rotatable bonds is 4. The van der Waals surface area contributed by atoms with E-state index in [2.05, 4.69) is 0 Å². The third kappa shape index (κ3) is 2.84. The Labute approximate surface area is 102 Å². The highest BCUT2D eigenvalue weighted by molar-refractivity contribution is 7.91. The van der Waals surface area contributed by atoms with Crippen LogP contribution in [0, 0.1) is 10.1 Å². The number of nitrogens with zero attached hydrogens (tertiary/aromatic N) is 1. The molecule has 1 aromatic carbocycles. The first-order valence-electron chi connectivity index (χ1n) is 4.11. The normalized spacial score (nSPS) is 11.4. The fourth-order valence-corrected chi connectivity index (χ4v) is 3.22. The number of nitro groups is 1. The Hall–Kier alpha value is -0.850. The zero-order valence-electron chi connectivity index (χ0n) is 7.89. The Bertz CT molecular complexity index is 515. The van der Waals surface area contributed by atoms with Gasteiger partial charge in [-0.1, -0.05) is 11.6 Å². The predicted octanol–water partition coefficient (Wildman–Crippen LogP) is 2.26. The van der Waals surface area contributed by atoms with E-state index in [0.29, 0.717) is 0 Å². The minimum atomic E-state index is -3.67. The van der Waals surface area contributed by atoms with Crippen LogP contribution in [0.15, 0.2) is 23.1 Å². The van der Waals surface area contributed by atoms with Crippen LogP contribution in [0.2, 0.25) is 5.02 Å². The monoisotopic (exact) mass is 283 g/mol. The third-order valence-electron chi connectivity index (χ3n) is 1.81. The van der Waals surface area contributed by atoms with Crippen LogP contribution < -0.4 is 0 Å². The van der Waals surface area contributed by atoms with Gasteiger partial charge in [-0.3, -0.25) is 10.1 Å². The van der Waals surface area contributed by atoms with Crippen molar-refractivity contribution in [2.24, 2.45) is 0 Å². The summed E-state index contributed by atoms with van der Waals surface area (Å²) < 4.78 is 23.3. The van der Waals surface area contributed by atoms with Gasteiger partial charge < -0.3 is 0 Å². The highest BCUT2D eigenvalue weighted by Crippen LogP contribution is 2.26. The summed E-state index contributed by atoms with van der Waals surface area (Å²) in [7, 11) is -3.67. The number of halogens is 2. The zero-order valence-corrected chi connectivity index (χ0v) is 10.2. The van der Waals surface area contributed by atoms with Gasteiger partial charge in [-0.25, -0.2) is 8.42 Å². The van der Waals surface area contributed by atoms with Crippen LogP contribution in [0.4, 0.5) is 5.69 Å². The van der Waals surface area contributed by atoms with Crippen molar-refractivity contribution in [1.82, 2.24) is 0 Å². The van der Waals surface area contributed by atoms with Gasteiger partial charge in [0.2, 0.25) is 0 Å². The molecule has 0 unspecified atom stereocenters. The minimum absolute atomic E-state index is 0.0456. The van der Waals surface area contributed by atoms with E-state index in [9.17, 15) is 18.5 Å². The summed E-state index contributed by atoms with van der Waals surface area (Å²) >= 11 is 11.0. The number of sulfone groups is 1. The van der Waals surface area contributed by atoms with Crippen molar-refractivity contribution >= 4 is 38.7 Å². The van der Waals surface area contributed by atoms with E-state index in [1.54, 1.807) is 0 Å². The van der Waals surface area contributed by atoms with Crippen molar-refractivity contribution in [1.29, 1.82) is 0 Å². The fraction of sp³-hybridized carbons (Fsp3) is 0.250. The Kier molecular flexibility index (Phi) is 4.12. The molecular weight excluding hydrogens is 277 g/mol. The highest BCUT2D eigenvalue weighted by Gasteiger charge is 2.20. The molecule has 8 heteroatoms. The van der Waals surface area contributed by atoms with Crippen molar-refractivity contribution in [3.8, 4) is 0 Å². The van der Waals surface area contributed by atoms with Crippen molar-refractivity contribution < 1.29 is 13.3 Å². The molecule has 0 aliphatic carbocycles. The Morgan fingerprint density at radius 2 is 2.00 bits per heavy atom. The van der Waals surface area contributed by atoms with Crippen molar-refractivity contribution in [3.63, 3.8) is 0 Å². The summed E-state index contributed by atoms with van der Waals surface area (Å²) in [6.07, 6.45) is 0. The van der Waals surface area contributed by atoms with Crippen LogP contribution in [0.3, 0.4) is 0 Å². The number of hydrogen-bond donors (Lipinski definition) is 0. The molecule has 0 amide bonds. The minimum Gasteiger partial charge on any atom is -0.258 e. The highest BCUT2D eigenvalue weighted by atomic mass is 35.5. The molecule has 0 heterocycles. The van der Waals surface area contributed by atoms with E-state index in [-0.39, 0.29) is 27.2 Å². The first-order valence-corrected chi connectivity index (χ1v) is 6.67. The van der Waals surface area contributed by atoms with E-state index >= 15 is 0 Å². The molecule has 0 saturated carbocycles. The zero-order chi connectivity index (χ0) is 12.3. The van der Waals surface area contributed by atoms with Gasteiger partial charge in [-0.05, 0) is 6.07 Å². The van der Waals surface area contributed by atoms with E-state index < -0.39 is 14.8 Å². The summed E-state index contributed by atoms with van der Waals surface area (Å²) in [5, 5.41) is 10.4. The maximum Gasteiger partial charge on any atom is 0.270 e. The molecule has 0 aromatic heterocycles. The van der Waals surface area contributed by atoms with Crippen LogP contribution >= 0.6 is 23.2 Å². The molecule has 16 heavy (non-hydrogen) atoms. The lowest BCUT2D eigenvalue weighted by Crippen LogP contribution is -2.09. The van der Waals surface area contributed by atoms with Gasteiger partial charge in [0, 0.05) is 18.0 Å². The van der Waals surface area contributed by atoms with Gasteiger partial charge in [0.05, 0.1) is 20.6 Å². The lowest BCUT2D eigenvalue weighted by molar-refractivity contribution is -0.385. The number of alkyl halides is 1. The quantitative estimate of drug-likeness (QED) is 0.482. The van der Waals surface area contributed by atoms with E-state index in [0.717, 1.165) is 12.1 Å². The lowest BCUT2D eigenvalue weighted by atomic mass is 10.3. The Balaban J connectivity index is 3.33. The summed E-state index contributed by atoms with van der Waals surface area (Å²) in [5.74, 6) is -0.406. The van der Waals surface area contributed by atoms with Crippen LogP contribution in [0.1, 0.15) is 0 Å². The van der Waals surface area contributed by atoms with Gasteiger partial charge in [0.25, 0.3) is 5.69 Å². The molecule has 5 nitrogen and oxygen atoms in total. The molecule has 88 valence electrons. The number of hydrogen-bond acceptors (Lipinski definition) is 4. The van der Waals surface area contributed by atoms with Gasteiger partial charge in [0.1, 0.15) is 0 Å². The van der Waals surface area contributed by atoms with E-state index in [1.165, 1.54) is 6.07 Å². The van der Waals surface area contributed by atoms with Gasteiger partial charge >= 0.3 is 0 Å². The van der Waals surface area contributed by atoms with Gasteiger partial charge in [-0.15, -0.1) is 11.6 Å². The maximum atomic E-state index is 11.6. The second-order valence-electron chi connectivity index (χ2n) is 2.88. The molecule has 0 radical (unpaired) electrons. The molecule has 0 spiro atoms. The molecule has 0 atom stereocenters. The maximum absolute atomic E-state index is 11.6. The first kappa shape index (κ1) is 13.2. The van der Waals surface area contributed by atoms with Crippen LogP contribution in [0.25, 0.3) is 0 Å². The third-order valence-corrected chi connectivity index (χ3v) is 4.41. The molecular formula is C8H7Cl2NO4S. The summed E-state index contributed by atoms with van der Waals surface area (Å²) in [5.41, 5.74) is -0.322. The summed E-state index contributed by atoms with van der Waals surface area (Å²) in [4.78, 5) is 9.55. The average Bonchev–Trinajstić information content (AvgIpc) is 2.17. The Morgan fingerprint density at radius 1 is 1.38 bits per heavy atom. The molecule has 0 bridgehead atoms. The number of non-ortho nitro benzene ring substituents is 1. The van der Waals surface area contributed by atoms with Gasteiger partial charge in [-0.2, -0.15) is 0 Å². The Morgan fingerprint density at radius 3 is 2.50 bits per heavy atom. The molecule has 0 fully saturated rings. The SMILES string of the molecule is O=[N+]([O-])c1ccc(Cl)c(S(=O)(=O)CCCl)c1. The topological polar surface area (TPSA) is 77.3 Å². The lowest BCUT2D eigenvalue weighted by Gasteiger charge is -2.04. The fourth-order valence-electron chi connectivity index (χ4n) is 1.06. The standard InChI is InChI=1S/C8H7Cl2NO4S/c9-3-4-16(14,15)8-5-6(11(12)13)1-2-7(8)10/h1-2,5H,3-4H2. The molecule has 0 aliphatic heterocycles. The molecule has 0 N–H and O–H groups in total. The summed E-state index contributed by atoms with van der Waals surface area (Å²) in [6.45, 7) is 0. The molecule has 1 rings (SSSR count). The molecule has 0 saturated heterocycles. The number of nitro benzene ring substituents is 1. The second kappa shape index (κ2) is 4.99. The van der Waals surface area contributed by atoms with Gasteiger partial charge in [0.15, 0.2) is 9.84 Å². The predicted molar refractivity (Wildman–Crippen MR) is 60.9 cm³/mol. The molecule has 1 aromatic rings. The van der Waals surface area contributed by atoms with E-state index in [1.807, 2.05) is 0 Å². The van der Waals surface area contributed by atoms with Crippen LogP contribution in [-0.4, -0.2) is 25.0 Å². The van der Waals surface area contributed by atoms with Crippen molar-refractivity contribution in [2.45, 2.75) is 4.90 Å². The van der Waals surface area contributed by atoms with Crippen molar-refractivity contribution in [2.75, 3.05) is 11.6 Å². The average molecular weight is 284 g/mol. The van der Waals surface area contributed by atoms with Crippen LogP contribution in [-0.2, 0) is 9.84 Å². The van der Waals surface area contributed by atoms with Crippen LogP contribution in [0.5, 0.6) is 0 Å². The number of benzene rings is 1. The van der Waals surface area contributed by atoms with E-state index in [4.69, 9.17) is 23.2 Å². The summed E-state index contributed by atoms with van der Waals surface area (Å²) in [6, 6.07) is 3.26. The smallest absolute Gasteiger partial charge is 0.258 e. The second-order valence-corrected chi connectivity index (χ2v) is 5.74. The first-order chi connectivity index (χ1) is 7.38. The largest absolute Gasteiger partial charge is 0.270 e.